The topological polar surface area (TPSA) is 96.4 Å². The maximum absolute atomic E-state index is 11.1. The number of rotatable bonds is 8. The van der Waals surface area contributed by atoms with Gasteiger partial charge in [-0.25, -0.2) is 4.98 Å². The molecule has 0 fully saturated rings. The number of ether oxygens (including phenoxy) is 1. The molecule has 3 N–H and O–H groups in total. The van der Waals surface area contributed by atoms with Crippen molar-refractivity contribution >= 4 is 17.7 Å². The average molecular weight is 360 g/mol. The van der Waals surface area contributed by atoms with Crippen LogP contribution in [0.15, 0.2) is 36.5 Å². The molecule has 0 saturated heterocycles. The highest BCUT2D eigenvalue weighted by Crippen LogP contribution is 2.23. The van der Waals surface area contributed by atoms with Crippen LogP contribution in [0.25, 0.3) is 0 Å². The minimum absolute atomic E-state index is 0.0802. The number of carbonyl (C=O) groups excluding carboxylic acids is 1. The summed E-state index contributed by atoms with van der Waals surface area (Å²) in [6.45, 7) is 6.64. The SMILES string of the molecule is CC(=O)Nc1ncc(OCc2ccccc2)c(NCCCO)n1.CCC. The summed E-state index contributed by atoms with van der Waals surface area (Å²) in [5, 5.41) is 14.5. The summed E-state index contributed by atoms with van der Waals surface area (Å²) in [7, 11) is 0. The van der Waals surface area contributed by atoms with E-state index in [4.69, 9.17) is 9.84 Å². The first-order valence-corrected chi connectivity index (χ1v) is 8.76. The zero-order valence-electron chi connectivity index (χ0n) is 15.7. The van der Waals surface area contributed by atoms with E-state index in [1.54, 1.807) is 0 Å². The number of aliphatic hydroxyl groups excluding tert-OH is 1. The highest BCUT2D eigenvalue weighted by molar-refractivity contribution is 5.86. The summed E-state index contributed by atoms with van der Waals surface area (Å²) in [5.74, 6) is 0.925. The largest absolute Gasteiger partial charge is 0.483 e. The summed E-state index contributed by atoms with van der Waals surface area (Å²) in [5.41, 5.74) is 1.03. The summed E-state index contributed by atoms with van der Waals surface area (Å²) >= 11 is 0. The number of nitrogens with zero attached hydrogens (tertiary/aromatic N) is 2. The van der Waals surface area contributed by atoms with E-state index >= 15 is 0 Å². The molecule has 2 aromatic rings. The molecule has 2 rings (SSSR count). The third kappa shape index (κ3) is 8.43. The van der Waals surface area contributed by atoms with Crippen LogP contribution in [0, 0.1) is 0 Å². The van der Waals surface area contributed by atoms with Gasteiger partial charge >= 0.3 is 0 Å². The minimum Gasteiger partial charge on any atom is -0.483 e. The lowest BCUT2D eigenvalue weighted by atomic mass is 10.2. The van der Waals surface area contributed by atoms with Crippen LogP contribution < -0.4 is 15.4 Å². The number of hydrogen-bond donors (Lipinski definition) is 3. The van der Waals surface area contributed by atoms with Crippen LogP contribution >= 0.6 is 0 Å². The molecule has 7 nitrogen and oxygen atoms in total. The molecule has 1 amide bonds. The van der Waals surface area contributed by atoms with Gasteiger partial charge in [-0.15, -0.1) is 0 Å². The maximum Gasteiger partial charge on any atom is 0.231 e. The summed E-state index contributed by atoms with van der Waals surface area (Å²) in [6.07, 6.45) is 3.35. The second-order valence-corrected chi connectivity index (χ2v) is 5.57. The van der Waals surface area contributed by atoms with E-state index in [1.165, 1.54) is 19.5 Å². The lowest BCUT2D eigenvalue weighted by Gasteiger charge is -2.13. The molecule has 0 bridgehead atoms. The van der Waals surface area contributed by atoms with E-state index in [9.17, 15) is 4.79 Å². The van der Waals surface area contributed by atoms with Gasteiger partial charge in [0.15, 0.2) is 11.6 Å². The standard InChI is InChI=1S/C16H20N4O3.C3H8/c1-12(22)19-16-18-10-14(15(20-16)17-8-5-9-21)23-11-13-6-3-2-4-7-13;1-3-2/h2-4,6-7,10,21H,5,8-9,11H2,1H3,(H2,17,18,19,20,22);3H2,1-2H3. The Morgan fingerprint density at radius 1 is 1.23 bits per heavy atom. The zero-order valence-corrected chi connectivity index (χ0v) is 15.7. The van der Waals surface area contributed by atoms with Gasteiger partial charge in [0.2, 0.25) is 11.9 Å². The number of nitrogens with one attached hydrogen (secondary N) is 2. The molecular formula is C19H28N4O3. The number of aromatic nitrogens is 2. The fourth-order valence-corrected chi connectivity index (χ4v) is 1.84. The minimum atomic E-state index is -0.246. The quantitative estimate of drug-likeness (QED) is 0.626. The van der Waals surface area contributed by atoms with Crippen LogP contribution in [-0.4, -0.2) is 34.1 Å². The third-order valence-electron chi connectivity index (χ3n) is 2.91. The number of aliphatic hydroxyl groups is 1. The van der Waals surface area contributed by atoms with Crippen LogP contribution in [0.2, 0.25) is 0 Å². The summed E-state index contributed by atoms with van der Waals surface area (Å²) < 4.78 is 5.75. The van der Waals surface area contributed by atoms with Crippen molar-refractivity contribution in [1.82, 2.24) is 9.97 Å². The Bertz CT molecular complexity index is 650. The Hall–Kier alpha value is -2.67. The van der Waals surface area contributed by atoms with Gasteiger partial charge in [-0.05, 0) is 12.0 Å². The molecule has 1 heterocycles. The molecule has 0 spiro atoms. The van der Waals surface area contributed by atoms with Crippen LogP contribution in [0.5, 0.6) is 5.75 Å². The molecule has 1 aromatic heterocycles. The van der Waals surface area contributed by atoms with Crippen molar-refractivity contribution in [3.05, 3.63) is 42.1 Å². The molecule has 7 heteroatoms. The van der Waals surface area contributed by atoms with Crippen molar-refractivity contribution in [3.8, 4) is 5.75 Å². The lowest BCUT2D eigenvalue weighted by Crippen LogP contribution is -2.13. The number of hydrogen-bond acceptors (Lipinski definition) is 6. The number of anilines is 2. The first-order chi connectivity index (χ1) is 12.6. The van der Waals surface area contributed by atoms with Gasteiger partial charge in [0.05, 0.1) is 6.20 Å². The molecule has 0 atom stereocenters. The van der Waals surface area contributed by atoms with Crippen LogP contribution in [0.3, 0.4) is 0 Å². The Labute approximate surface area is 154 Å². The van der Waals surface area contributed by atoms with Gasteiger partial charge in [0.25, 0.3) is 0 Å². The van der Waals surface area contributed by atoms with Gasteiger partial charge in [-0.3, -0.25) is 10.1 Å². The van der Waals surface area contributed by atoms with Crippen molar-refractivity contribution in [3.63, 3.8) is 0 Å². The molecular weight excluding hydrogens is 332 g/mol. The highest BCUT2D eigenvalue weighted by Gasteiger charge is 2.09. The van der Waals surface area contributed by atoms with Crippen molar-refractivity contribution in [2.75, 3.05) is 23.8 Å². The number of amides is 1. The third-order valence-corrected chi connectivity index (χ3v) is 2.91. The predicted octanol–water partition coefficient (Wildman–Crippen LogP) is 3.22. The van der Waals surface area contributed by atoms with Crippen molar-refractivity contribution in [2.45, 2.75) is 40.2 Å². The van der Waals surface area contributed by atoms with E-state index in [-0.39, 0.29) is 18.5 Å². The Balaban J connectivity index is 0.00000105. The van der Waals surface area contributed by atoms with Gasteiger partial charge in [0, 0.05) is 20.1 Å². The van der Waals surface area contributed by atoms with Gasteiger partial charge < -0.3 is 15.2 Å². The molecule has 0 aliphatic carbocycles. The fraction of sp³-hybridized carbons (Fsp3) is 0.421. The van der Waals surface area contributed by atoms with Crippen LogP contribution in [0.1, 0.15) is 39.2 Å². The monoisotopic (exact) mass is 360 g/mol. The van der Waals surface area contributed by atoms with Crippen molar-refractivity contribution < 1.29 is 14.6 Å². The first kappa shape index (κ1) is 21.4. The lowest BCUT2D eigenvalue weighted by molar-refractivity contribution is -0.114. The zero-order chi connectivity index (χ0) is 19.2. The number of benzene rings is 1. The number of carbonyl (C=O) groups is 1. The van der Waals surface area contributed by atoms with E-state index < -0.39 is 0 Å². The maximum atomic E-state index is 11.1. The Kier molecular flexibility index (Phi) is 10.4. The molecule has 142 valence electrons. The van der Waals surface area contributed by atoms with E-state index in [1.807, 2.05) is 30.3 Å². The van der Waals surface area contributed by atoms with Crippen molar-refractivity contribution in [1.29, 1.82) is 0 Å². The molecule has 1 aromatic carbocycles. The Morgan fingerprint density at radius 2 is 1.92 bits per heavy atom. The summed E-state index contributed by atoms with van der Waals surface area (Å²) in [6, 6.07) is 9.75. The van der Waals surface area contributed by atoms with E-state index in [0.29, 0.717) is 31.1 Å². The van der Waals surface area contributed by atoms with E-state index in [2.05, 4.69) is 34.4 Å². The molecule has 0 aliphatic heterocycles. The first-order valence-electron chi connectivity index (χ1n) is 8.76. The van der Waals surface area contributed by atoms with Gasteiger partial charge in [0.1, 0.15) is 6.61 Å². The average Bonchev–Trinajstić information content (AvgIpc) is 2.62. The van der Waals surface area contributed by atoms with E-state index in [0.717, 1.165) is 5.56 Å². The predicted molar refractivity (Wildman–Crippen MR) is 103 cm³/mol. The smallest absolute Gasteiger partial charge is 0.231 e. The molecule has 26 heavy (non-hydrogen) atoms. The van der Waals surface area contributed by atoms with Crippen molar-refractivity contribution in [2.24, 2.45) is 0 Å². The second-order valence-electron chi connectivity index (χ2n) is 5.57. The van der Waals surface area contributed by atoms with Gasteiger partial charge in [-0.2, -0.15) is 4.98 Å². The van der Waals surface area contributed by atoms with Crippen LogP contribution in [0.4, 0.5) is 11.8 Å². The molecule has 0 aliphatic rings. The summed E-state index contributed by atoms with van der Waals surface area (Å²) in [4.78, 5) is 19.4. The molecule has 0 unspecified atom stereocenters. The molecule has 0 saturated carbocycles. The normalized spacial score (nSPS) is 9.69. The fourth-order valence-electron chi connectivity index (χ4n) is 1.84. The second kappa shape index (κ2) is 12.7. The van der Waals surface area contributed by atoms with Crippen LogP contribution in [-0.2, 0) is 11.4 Å². The molecule has 0 radical (unpaired) electrons. The highest BCUT2D eigenvalue weighted by atomic mass is 16.5. The Morgan fingerprint density at radius 3 is 2.54 bits per heavy atom. The van der Waals surface area contributed by atoms with Gasteiger partial charge in [-0.1, -0.05) is 50.6 Å².